The van der Waals surface area contributed by atoms with Crippen molar-refractivity contribution in [3.63, 3.8) is 0 Å². The van der Waals surface area contributed by atoms with E-state index in [2.05, 4.69) is 4.98 Å². The number of fused-ring (bicyclic) bond motifs is 1. The predicted molar refractivity (Wildman–Crippen MR) is 72.6 cm³/mol. The van der Waals surface area contributed by atoms with E-state index in [9.17, 15) is 13.2 Å². The molecule has 0 aliphatic carbocycles. The summed E-state index contributed by atoms with van der Waals surface area (Å²) in [6.45, 7) is 0. The number of nitrogens with zero attached hydrogens (tertiary/aromatic N) is 2. The number of rotatable bonds is 3. The highest BCUT2D eigenvalue weighted by molar-refractivity contribution is 7.91. The third kappa shape index (κ3) is 2.29. The maximum atomic E-state index is 11.5. The normalized spacial score (nSPS) is 21.3. The summed E-state index contributed by atoms with van der Waals surface area (Å²) in [5, 5.41) is 9.12. The molecule has 3 rings (SSSR count). The molecule has 2 aromatic heterocycles. The van der Waals surface area contributed by atoms with Gasteiger partial charge in [-0.1, -0.05) is 0 Å². The lowest BCUT2D eigenvalue weighted by molar-refractivity contribution is 0.0698. The summed E-state index contributed by atoms with van der Waals surface area (Å²) in [4.78, 5) is 15.4. The van der Waals surface area contributed by atoms with E-state index >= 15 is 0 Å². The van der Waals surface area contributed by atoms with Crippen molar-refractivity contribution in [1.29, 1.82) is 0 Å². The Bertz CT molecular complexity index is 779. The van der Waals surface area contributed by atoms with Gasteiger partial charge in [0.1, 0.15) is 5.82 Å². The molecule has 1 aliphatic rings. The monoisotopic (exact) mass is 294 g/mol. The van der Waals surface area contributed by atoms with Gasteiger partial charge in [0.25, 0.3) is 0 Å². The molecule has 1 unspecified atom stereocenters. The van der Waals surface area contributed by atoms with Crippen molar-refractivity contribution >= 4 is 21.3 Å². The van der Waals surface area contributed by atoms with Crippen LogP contribution in [0.25, 0.3) is 5.52 Å². The first-order chi connectivity index (χ1) is 9.46. The molecule has 0 bridgehead atoms. The van der Waals surface area contributed by atoms with Crippen LogP contribution >= 0.6 is 0 Å². The number of carboxylic acid groups (broad SMARTS) is 1. The van der Waals surface area contributed by atoms with Crippen LogP contribution in [0.2, 0.25) is 0 Å². The molecule has 3 heterocycles. The van der Waals surface area contributed by atoms with Crippen LogP contribution in [0, 0.1) is 5.92 Å². The Balaban J connectivity index is 1.94. The van der Waals surface area contributed by atoms with Crippen molar-refractivity contribution in [2.24, 2.45) is 5.92 Å². The van der Waals surface area contributed by atoms with Crippen LogP contribution < -0.4 is 0 Å². The molecule has 1 atom stereocenters. The van der Waals surface area contributed by atoms with Crippen molar-refractivity contribution < 1.29 is 18.3 Å². The second kappa shape index (κ2) is 4.59. The zero-order chi connectivity index (χ0) is 14.3. The van der Waals surface area contributed by atoms with Gasteiger partial charge >= 0.3 is 5.97 Å². The van der Waals surface area contributed by atoms with Crippen molar-refractivity contribution in [2.45, 2.75) is 12.8 Å². The molecule has 0 amide bonds. The van der Waals surface area contributed by atoms with Crippen LogP contribution in [0.1, 0.15) is 22.6 Å². The fourth-order valence-electron chi connectivity index (χ4n) is 2.70. The first-order valence-corrected chi connectivity index (χ1v) is 8.17. The average Bonchev–Trinajstić information content (AvgIpc) is 2.93. The summed E-state index contributed by atoms with van der Waals surface area (Å²) in [6, 6.07) is 3.19. The Morgan fingerprint density at radius 2 is 2.30 bits per heavy atom. The summed E-state index contributed by atoms with van der Waals surface area (Å²) in [5.41, 5.74) is 0.737. The average molecular weight is 294 g/mol. The number of aromatic nitrogens is 2. The molecule has 20 heavy (non-hydrogen) atoms. The van der Waals surface area contributed by atoms with E-state index < -0.39 is 15.8 Å². The van der Waals surface area contributed by atoms with Gasteiger partial charge in [-0.3, -0.25) is 0 Å². The first-order valence-electron chi connectivity index (χ1n) is 6.35. The lowest BCUT2D eigenvalue weighted by Crippen LogP contribution is -2.10. The quantitative estimate of drug-likeness (QED) is 0.912. The summed E-state index contributed by atoms with van der Waals surface area (Å²) >= 11 is 0. The molecular weight excluding hydrogens is 280 g/mol. The number of sulfone groups is 1. The molecule has 6 nitrogen and oxygen atoms in total. The van der Waals surface area contributed by atoms with Gasteiger partial charge in [0.15, 0.2) is 9.84 Å². The standard InChI is InChI=1S/C13H14N2O4S/c16-13(17)10-2-1-4-15-11(10)7-14-12(15)6-9-3-5-20(18,19)8-9/h1-2,4,7,9H,3,5-6,8H2,(H,16,17). The number of hydrogen-bond acceptors (Lipinski definition) is 4. The Morgan fingerprint density at radius 3 is 2.95 bits per heavy atom. The lowest BCUT2D eigenvalue weighted by atomic mass is 10.1. The van der Waals surface area contributed by atoms with Crippen LogP contribution in [0.3, 0.4) is 0 Å². The zero-order valence-corrected chi connectivity index (χ0v) is 11.5. The molecule has 2 aromatic rings. The number of pyridine rings is 1. The van der Waals surface area contributed by atoms with Gasteiger partial charge in [0.2, 0.25) is 0 Å². The number of carbonyl (C=O) groups is 1. The van der Waals surface area contributed by atoms with Gasteiger partial charge < -0.3 is 9.51 Å². The number of aromatic carboxylic acids is 1. The number of imidazole rings is 1. The van der Waals surface area contributed by atoms with Gasteiger partial charge in [-0.15, -0.1) is 0 Å². The highest BCUT2D eigenvalue weighted by atomic mass is 32.2. The summed E-state index contributed by atoms with van der Waals surface area (Å²) in [5.74, 6) is 0.219. The fourth-order valence-corrected chi connectivity index (χ4v) is 4.56. The topological polar surface area (TPSA) is 88.7 Å². The zero-order valence-electron chi connectivity index (χ0n) is 10.7. The Labute approximate surface area is 116 Å². The smallest absolute Gasteiger partial charge is 0.337 e. The third-order valence-electron chi connectivity index (χ3n) is 3.68. The minimum Gasteiger partial charge on any atom is -0.478 e. The summed E-state index contributed by atoms with van der Waals surface area (Å²) < 4.78 is 24.7. The van der Waals surface area contributed by atoms with E-state index in [0.29, 0.717) is 24.2 Å². The maximum Gasteiger partial charge on any atom is 0.337 e. The fraction of sp³-hybridized carbons (Fsp3) is 0.385. The second-order valence-electron chi connectivity index (χ2n) is 5.13. The largest absolute Gasteiger partial charge is 0.478 e. The van der Waals surface area contributed by atoms with Crippen LogP contribution in [0.5, 0.6) is 0 Å². The first kappa shape index (κ1) is 13.1. The molecule has 106 valence electrons. The van der Waals surface area contributed by atoms with Crippen LogP contribution in [-0.4, -0.2) is 40.4 Å². The molecule has 0 saturated carbocycles. The molecular formula is C13H14N2O4S. The van der Waals surface area contributed by atoms with E-state index in [1.807, 2.05) is 0 Å². The molecule has 0 radical (unpaired) electrons. The number of hydrogen-bond donors (Lipinski definition) is 1. The molecule has 1 saturated heterocycles. The molecule has 0 aromatic carbocycles. The van der Waals surface area contributed by atoms with Crippen molar-refractivity contribution in [2.75, 3.05) is 11.5 Å². The van der Waals surface area contributed by atoms with E-state index in [1.165, 1.54) is 12.3 Å². The van der Waals surface area contributed by atoms with Crippen LogP contribution in [0.4, 0.5) is 0 Å². The van der Waals surface area contributed by atoms with Crippen molar-refractivity contribution in [1.82, 2.24) is 9.38 Å². The highest BCUT2D eigenvalue weighted by Crippen LogP contribution is 2.23. The lowest BCUT2D eigenvalue weighted by Gasteiger charge is -2.07. The summed E-state index contributed by atoms with van der Waals surface area (Å²) in [6.07, 6.45) is 4.49. The van der Waals surface area contributed by atoms with Gasteiger partial charge in [0, 0.05) is 12.6 Å². The number of carboxylic acids is 1. The molecule has 1 fully saturated rings. The van der Waals surface area contributed by atoms with E-state index in [-0.39, 0.29) is 23.0 Å². The third-order valence-corrected chi connectivity index (χ3v) is 5.51. The van der Waals surface area contributed by atoms with E-state index in [1.54, 1.807) is 16.7 Å². The Kier molecular flexibility index (Phi) is 3.01. The van der Waals surface area contributed by atoms with Gasteiger partial charge in [-0.2, -0.15) is 0 Å². The predicted octanol–water partition coefficient (Wildman–Crippen LogP) is 1.01. The van der Waals surface area contributed by atoms with E-state index in [4.69, 9.17) is 5.11 Å². The van der Waals surface area contributed by atoms with Gasteiger partial charge in [0.05, 0.1) is 28.8 Å². The molecule has 1 aliphatic heterocycles. The SMILES string of the molecule is O=C(O)c1cccn2c(CC3CCS(=O)(=O)C3)ncc12. The van der Waals surface area contributed by atoms with Crippen molar-refractivity contribution in [3.05, 3.63) is 35.9 Å². The van der Waals surface area contributed by atoms with E-state index in [0.717, 1.165) is 0 Å². The molecule has 1 N–H and O–H groups in total. The van der Waals surface area contributed by atoms with Crippen molar-refractivity contribution in [3.8, 4) is 0 Å². The Morgan fingerprint density at radius 1 is 1.50 bits per heavy atom. The van der Waals surface area contributed by atoms with Gasteiger partial charge in [-0.05, 0) is 24.5 Å². The summed E-state index contributed by atoms with van der Waals surface area (Å²) in [7, 11) is -2.90. The second-order valence-corrected chi connectivity index (χ2v) is 7.36. The molecule has 7 heteroatoms. The minimum atomic E-state index is -2.90. The van der Waals surface area contributed by atoms with Crippen LogP contribution in [0.15, 0.2) is 24.5 Å². The highest BCUT2D eigenvalue weighted by Gasteiger charge is 2.29. The van der Waals surface area contributed by atoms with Gasteiger partial charge in [-0.25, -0.2) is 18.2 Å². The minimum absolute atomic E-state index is 0.0686. The Hall–Kier alpha value is -1.89. The molecule has 0 spiro atoms. The maximum absolute atomic E-state index is 11.5. The van der Waals surface area contributed by atoms with Crippen LogP contribution in [-0.2, 0) is 16.3 Å².